The Hall–Kier alpha value is -1.55. The Morgan fingerprint density at radius 2 is 2.06 bits per heavy atom. The van der Waals surface area contributed by atoms with Gasteiger partial charge in [-0.1, -0.05) is 15.9 Å². The Bertz CT molecular complexity index is 514. The van der Waals surface area contributed by atoms with Gasteiger partial charge in [-0.15, -0.1) is 0 Å². The van der Waals surface area contributed by atoms with Crippen LogP contribution >= 0.6 is 15.9 Å². The van der Waals surface area contributed by atoms with E-state index in [1.165, 1.54) is 0 Å². The summed E-state index contributed by atoms with van der Waals surface area (Å²) in [5.74, 6) is 1.42. The van der Waals surface area contributed by atoms with Crippen LogP contribution in [0, 0.1) is 6.92 Å². The van der Waals surface area contributed by atoms with Crippen LogP contribution in [0.1, 0.15) is 5.56 Å². The van der Waals surface area contributed by atoms with Crippen molar-refractivity contribution in [2.24, 2.45) is 0 Å². The van der Waals surface area contributed by atoms with E-state index in [1.807, 2.05) is 25.1 Å². The summed E-state index contributed by atoms with van der Waals surface area (Å²) in [5, 5.41) is 0. The molecule has 4 heteroatoms. The van der Waals surface area contributed by atoms with Gasteiger partial charge in [0.1, 0.15) is 5.75 Å². The number of aryl methyl sites for hydroxylation is 1. The lowest BCUT2D eigenvalue weighted by molar-refractivity contribution is 0.480. The minimum Gasteiger partial charge on any atom is -0.455 e. The molecule has 0 fully saturated rings. The molecule has 0 atom stereocenters. The first-order valence-electron chi connectivity index (χ1n) is 4.80. The van der Waals surface area contributed by atoms with Gasteiger partial charge in [-0.25, -0.2) is 0 Å². The van der Waals surface area contributed by atoms with Crippen molar-refractivity contribution < 1.29 is 4.74 Å². The molecule has 0 spiro atoms. The number of pyridine rings is 1. The average molecular weight is 279 g/mol. The molecule has 2 N–H and O–H groups in total. The summed E-state index contributed by atoms with van der Waals surface area (Å²) in [4.78, 5) is 3.91. The van der Waals surface area contributed by atoms with Gasteiger partial charge in [-0.05, 0) is 30.7 Å². The van der Waals surface area contributed by atoms with E-state index in [0.29, 0.717) is 11.4 Å². The van der Waals surface area contributed by atoms with Crippen LogP contribution in [0.4, 0.5) is 5.69 Å². The molecule has 1 aromatic carbocycles. The van der Waals surface area contributed by atoms with E-state index in [9.17, 15) is 0 Å². The van der Waals surface area contributed by atoms with E-state index >= 15 is 0 Å². The number of ether oxygens (including phenoxy) is 1. The van der Waals surface area contributed by atoms with E-state index in [2.05, 4.69) is 20.9 Å². The summed E-state index contributed by atoms with van der Waals surface area (Å²) >= 11 is 3.41. The standard InChI is InChI=1S/C12H11BrN2O/c1-8-6-9(13)2-3-11(8)16-12-4-5-15-7-10(12)14/h2-7H,14H2,1H3. The second kappa shape index (κ2) is 4.53. The normalized spacial score (nSPS) is 10.1. The Kier molecular flexibility index (Phi) is 3.10. The fourth-order valence-electron chi connectivity index (χ4n) is 1.33. The fourth-order valence-corrected chi connectivity index (χ4v) is 1.81. The van der Waals surface area contributed by atoms with Crippen molar-refractivity contribution in [2.45, 2.75) is 6.92 Å². The fraction of sp³-hybridized carbons (Fsp3) is 0.0833. The monoisotopic (exact) mass is 278 g/mol. The van der Waals surface area contributed by atoms with E-state index in [-0.39, 0.29) is 0 Å². The van der Waals surface area contributed by atoms with Gasteiger partial charge < -0.3 is 10.5 Å². The highest BCUT2D eigenvalue weighted by Crippen LogP contribution is 2.29. The molecule has 3 nitrogen and oxygen atoms in total. The maximum absolute atomic E-state index is 5.75. The van der Waals surface area contributed by atoms with Gasteiger partial charge in [0.15, 0.2) is 5.75 Å². The minimum absolute atomic E-state index is 0.532. The Labute approximate surface area is 102 Å². The molecule has 82 valence electrons. The van der Waals surface area contributed by atoms with Crippen LogP contribution in [0.3, 0.4) is 0 Å². The quantitative estimate of drug-likeness (QED) is 0.914. The molecule has 1 aromatic heterocycles. The van der Waals surface area contributed by atoms with Gasteiger partial charge in [-0.3, -0.25) is 4.98 Å². The molecule has 0 aliphatic rings. The van der Waals surface area contributed by atoms with Gasteiger partial charge in [0, 0.05) is 16.7 Å². The molecule has 0 aliphatic heterocycles. The third-order valence-electron chi connectivity index (χ3n) is 2.17. The summed E-state index contributed by atoms with van der Waals surface area (Å²) in [5.41, 5.74) is 7.33. The maximum Gasteiger partial charge on any atom is 0.153 e. The first kappa shape index (κ1) is 11.0. The highest BCUT2D eigenvalue weighted by Gasteiger charge is 2.04. The summed E-state index contributed by atoms with van der Waals surface area (Å²) in [6.45, 7) is 1.98. The molecule has 2 rings (SSSR count). The van der Waals surface area contributed by atoms with Crippen LogP contribution < -0.4 is 10.5 Å². The smallest absolute Gasteiger partial charge is 0.153 e. The predicted molar refractivity (Wildman–Crippen MR) is 67.6 cm³/mol. The Balaban J connectivity index is 2.31. The minimum atomic E-state index is 0.532. The van der Waals surface area contributed by atoms with Gasteiger partial charge >= 0.3 is 0 Å². The molecule has 0 saturated heterocycles. The van der Waals surface area contributed by atoms with Crippen molar-refractivity contribution in [3.8, 4) is 11.5 Å². The van der Waals surface area contributed by atoms with Crippen molar-refractivity contribution in [1.82, 2.24) is 4.98 Å². The third-order valence-corrected chi connectivity index (χ3v) is 2.66. The van der Waals surface area contributed by atoms with Gasteiger partial charge in [0.05, 0.1) is 11.9 Å². The zero-order valence-electron chi connectivity index (χ0n) is 8.77. The lowest BCUT2D eigenvalue weighted by atomic mass is 10.2. The Morgan fingerprint density at radius 1 is 1.25 bits per heavy atom. The number of anilines is 1. The van der Waals surface area contributed by atoms with Crippen molar-refractivity contribution in [1.29, 1.82) is 0 Å². The average Bonchev–Trinajstić information content (AvgIpc) is 2.25. The summed E-state index contributed by atoms with van der Waals surface area (Å²) in [6, 6.07) is 7.57. The van der Waals surface area contributed by atoms with Gasteiger partial charge in [-0.2, -0.15) is 0 Å². The lowest BCUT2D eigenvalue weighted by Gasteiger charge is -2.10. The highest BCUT2D eigenvalue weighted by molar-refractivity contribution is 9.10. The number of hydrogen-bond donors (Lipinski definition) is 1. The van der Waals surface area contributed by atoms with Crippen LogP contribution in [0.2, 0.25) is 0 Å². The maximum atomic E-state index is 5.75. The molecular weight excluding hydrogens is 268 g/mol. The molecule has 0 saturated carbocycles. The molecule has 0 aliphatic carbocycles. The zero-order valence-corrected chi connectivity index (χ0v) is 10.4. The summed E-state index contributed by atoms with van der Waals surface area (Å²) in [7, 11) is 0. The zero-order chi connectivity index (χ0) is 11.5. The molecular formula is C12H11BrN2O. The van der Waals surface area contributed by atoms with E-state index < -0.39 is 0 Å². The summed E-state index contributed by atoms with van der Waals surface area (Å²) < 4.78 is 6.74. The second-order valence-electron chi connectivity index (χ2n) is 3.43. The summed E-state index contributed by atoms with van der Waals surface area (Å²) in [6.07, 6.45) is 3.23. The van der Waals surface area contributed by atoms with Crippen molar-refractivity contribution in [3.05, 3.63) is 46.7 Å². The number of nitrogens with two attached hydrogens (primary N) is 1. The van der Waals surface area contributed by atoms with E-state index in [0.717, 1.165) is 15.8 Å². The van der Waals surface area contributed by atoms with Gasteiger partial charge in [0.2, 0.25) is 0 Å². The topological polar surface area (TPSA) is 48.1 Å². The van der Waals surface area contributed by atoms with Crippen molar-refractivity contribution >= 4 is 21.6 Å². The second-order valence-corrected chi connectivity index (χ2v) is 4.34. The molecule has 0 bridgehead atoms. The Morgan fingerprint density at radius 3 is 2.75 bits per heavy atom. The highest BCUT2D eigenvalue weighted by atomic mass is 79.9. The first-order chi connectivity index (χ1) is 7.66. The van der Waals surface area contributed by atoms with Gasteiger partial charge in [0.25, 0.3) is 0 Å². The van der Waals surface area contributed by atoms with E-state index in [1.54, 1.807) is 18.5 Å². The molecule has 0 radical (unpaired) electrons. The first-order valence-corrected chi connectivity index (χ1v) is 5.59. The number of hydrogen-bond acceptors (Lipinski definition) is 3. The van der Waals surface area contributed by atoms with E-state index in [4.69, 9.17) is 10.5 Å². The predicted octanol–water partition coefficient (Wildman–Crippen LogP) is 3.53. The number of aromatic nitrogens is 1. The molecule has 2 aromatic rings. The van der Waals surface area contributed by atoms with Crippen LogP contribution in [0.5, 0.6) is 11.5 Å². The number of nitrogen functional groups attached to an aromatic ring is 1. The lowest BCUT2D eigenvalue weighted by Crippen LogP contribution is -1.93. The molecule has 0 amide bonds. The van der Waals surface area contributed by atoms with Crippen molar-refractivity contribution in [2.75, 3.05) is 5.73 Å². The van der Waals surface area contributed by atoms with Crippen LogP contribution in [0.15, 0.2) is 41.1 Å². The van der Waals surface area contributed by atoms with Crippen molar-refractivity contribution in [3.63, 3.8) is 0 Å². The molecule has 1 heterocycles. The number of halogens is 1. The third kappa shape index (κ3) is 2.33. The van der Waals surface area contributed by atoms with Crippen LogP contribution in [-0.4, -0.2) is 4.98 Å². The van der Waals surface area contributed by atoms with Crippen LogP contribution in [0.25, 0.3) is 0 Å². The number of rotatable bonds is 2. The SMILES string of the molecule is Cc1cc(Br)ccc1Oc1ccncc1N. The number of benzene rings is 1. The molecule has 16 heavy (non-hydrogen) atoms. The van der Waals surface area contributed by atoms with Crippen LogP contribution in [-0.2, 0) is 0 Å². The number of nitrogens with zero attached hydrogens (tertiary/aromatic N) is 1. The largest absolute Gasteiger partial charge is 0.455 e. The molecule has 0 unspecified atom stereocenters.